The molecule has 1 aliphatic heterocycles. The number of para-hydroxylation sites is 1. The Bertz CT molecular complexity index is 1430. The lowest BCUT2D eigenvalue weighted by Crippen LogP contribution is -2.38. The van der Waals surface area contributed by atoms with Crippen molar-refractivity contribution in [3.8, 4) is 11.5 Å². The zero-order valence-corrected chi connectivity index (χ0v) is 19.9. The Morgan fingerprint density at radius 3 is 2.67 bits per heavy atom. The predicted octanol–water partition coefficient (Wildman–Crippen LogP) is 4.26. The van der Waals surface area contributed by atoms with Crippen molar-refractivity contribution in [2.24, 2.45) is 5.73 Å². The molecule has 0 spiro atoms. The molecule has 0 amide bonds. The SMILES string of the molecule is COCC1(c2cccc3ccc(-c4nnc5ccc([C@@H](N6CCC(N)C6)C(F)(F)F)cn45)nc23)CC1. The number of nitrogens with zero attached hydrogens (tertiary/aromatic N) is 5. The number of pyridine rings is 2. The van der Waals surface area contributed by atoms with Crippen LogP contribution in [0.2, 0.25) is 0 Å². The molecule has 3 aromatic heterocycles. The van der Waals surface area contributed by atoms with E-state index < -0.39 is 12.2 Å². The predicted molar refractivity (Wildman–Crippen MR) is 129 cm³/mol. The van der Waals surface area contributed by atoms with Crippen molar-refractivity contribution < 1.29 is 17.9 Å². The van der Waals surface area contributed by atoms with Gasteiger partial charge in [-0.2, -0.15) is 13.2 Å². The number of hydrogen-bond donors (Lipinski definition) is 1. The van der Waals surface area contributed by atoms with E-state index in [-0.39, 0.29) is 23.6 Å². The molecule has 36 heavy (non-hydrogen) atoms. The molecule has 2 N–H and O–H groups in total. The van der Waals surface area contributed by atoms with Crippen LogP contribution in [0.15, 0.2) is 48.7 Å². The third kappa shape index (κ3) is 3.93. The highest BCUT2D eigenvalue weighted by Crippen LogP contribution is 2.50. The molecule has 0 radical (unpaired) electrons. The van der Waals surface area contributed by atoms with Crippen molar-refractivity contribution in [1.29, 1.82) is 0 Å². The second-order valence-electron chi connectivity index (χ2n) is 9.99. The molecule has 4 aromatic rings. The molecule has 1 aromatic carbocycles. The molecule has 188 valence electrons. The number of ether oxygens (including phenoxy) is 1. The quantitative estimate of drug-likeness (QED) is 0.430. The number of hydrogen-bond acceptors (Lipinski definition) is 6. The minimum absolute atomic E-state index is 0.0452. The summed E-state index contributed by atoms with van der Waals surface area (Å²) >= 11 is 0. The fourth-order valence-electron chi connectivity index (χ4n) is 5.52. The number of benzene rings is 1. The number of likely N-dealkylation sites (tertiary alicyclic amines) is 1. The number of rotatable bonds is 6. The highest BCUT2D eigenvalue weighted by Gasteiger charge is 2.47. The van der Waals surface area contributed by atoms with Crippen molar-refractivity contribution in [2.45, 2.75) is 42.9 Å². The van der Waals surface area contributed by atoms with Gasteiger partial charge in [0.1, 0.15) is 11.7 Å². The van der Waals surface area contributed by atoms with Gasteiger partial charge in [-0.3, -0.25) is 9.30 Å². The van der Waals surface area contributed by atoms with E-state index >= 15 is 0 Å². The molecule has 6 rings (SSSR count). The van der Waals surface area contributed by atoms with E-state index in [2.05, 4.69) is 16.3 Å². The van der Waals surface area contributed by atoms with E-state index in [9.17, 15) is 13.2 Å². The van der Waals surface area contributed by atoms with Crippen molar-refractivity contribution in [1.82, 2.24) is 24.5 Å². The Morgan fingerprint density at radius 2 is 1.97 bits per heavy atom. The summed E-state index contributed by atoms with van der Waals surface area (Å²) in [7, 11) is 1.70. The molecular formula is C26H27F3N6O. The molecule has 4 heterocycles. The summed E-state index contributed by atoms with van der Waals surface area (Å²) in [6.07, 6.45) is -0.357. The second kappa shape index (κ2) is 8.50. The van der Waals surface area contributed by atoms with Gasteiger partial charge in [0.05, 0.1) is 12.1 Å². The summed E-state index contributed by atoms with van der Waals surface area (Å²) in [5.74, 6) is 0.402. The minimum Gasteiger partial charge on any atom is -0.384 e. The molecule has 2 atom stereocenters. The first-order valence-electron chi connectivity index (χ1n) is 12.1. The van der Waals surface area contributed by atoms with Crippen LogP contribution in [0.5, 0.6) is 0 Å². The number of nitrogens with two attached hydrogens (primary N) is 1. The Hall–Kier alpha value is -3.08. The topological polar surface area (TPSA) is 81.6 Å². The first-order chi connectivity index (χ1) is 17.3. The molecule has 1 unspecified atom stereocenters. The third-order valence-electron chi connectivity index (χ3n) is 7.47. The average molecular weight is 497 g/mol. The standard InChI is InChI=1S/C26H27F3N6O/c1-36-15-25(10-11-25)19-4-2-3-16-5-7-20(31-22(16)19)24-33-32-21-8-6-17(13-35(21)24)23(26(27,28)29)34-12-9-18(30)14-34/h2-8,13,18,23H,9-12,14-15,30H2,1H3/t18?,23-/m1/s1. The highest BCUT2D eigenvalue weighted by atomic mass is 19.4. The average Bonchev–Trinajstić information content (AvgIpc) is 3.31. The summed E-state index contributed by atoms with van der Waals surface area (Å²) in [5, 5.41) is 9.49. The zero-order chi connectivity index (χ0) is 25.1. The van der Waals surface area contributed by atoms with Gasteiger partial charge in [0, 0.05) is 43.2 Å². The lowest BCUT2D eigenvalue weighted by molar-refractivity contribution is -0.183. The highest BCUT2D eigenvalue weighted by molar-refractivity contribution is 5.85. The molecule has 1 saturated carbocycles. The van der Waals surface area contributed by atoms with Crippen molar-refractivity contribution in [2.75, 3.05) is 26.8 Å². The lowest BCUT2D eigenvalue weighted by atomic mass is 9.94. The van der Waals surface area contributed by atoms with Gasteiger partial charge in [-0.15, -0.1) is 10.2 Å². The van der Waals surface area contributed by atoms with Gasteiger partial charge in [-0.1, -0.05) is 30.3 Å². The number of halogens is 3. The van der Waals surface area contributed by atoms with Gasteiger partial charge < -0.3 is 10.5 Å². The monoisotopic (exact) mass is 496 g/mol. The van der Waals surface area contributed by atoms with Crippen molar-refractivity contribution >= 4 is 16.6 Å². The molecule has 0 bridgehead atoms. The van der Waals surface area contributed by atoms with Crippen LogP contribution in [0.1, 0.15) is 36.4 Å². The molecule has 2 aliphatic rings. The summed E-state index contributed by atoms with van der Waals surface area (Å²) in [4.78, 5) is 6.34. The van der Waals surface area contributed by atoms with Gasteiger partial charge in [-0.05, 0) is 42.5 Å². The third-order valence-corrected chi connectivity index (χ3v) is 7.47. The van der Waals surface area contributed by atoms with Gasteiger partial charge >= 0.3 is 6.18 Å². The van der Waals surface area contributed by atoms with Crippen LogP contribution in [0.3, 0.4) is 0 Å². The van der Waals surface area contributed by atoms with Crippen LogP contribution in [-0.4, -0.2) is 63.5 Å². The summed E-state index contributed by atoms with van der Waals surface area (Å²) in [5.41, 5.74) is 9.00. The van der Waals surface area contributed by atoms with E-state index in [1.54, 1.807) is 17.6 Å². The van der Waals surface area contributed by atoms with Gasteiger partial charge in [0.15, 0.2) is 11.5 Å². The fraction of sp³-hybridized carbons (Fsp3) is 0.423. The largest absolute Gasteiger partial charge is 0.408 e. The van der Waals surface area contributed by atoms with Gasteiger partial charge in [-0.25, -0.2) is 4.98 Å². The summed E-state index contributed by atoms with van der Waals surface area (Å²) < 4.78 is 49.7. The summed E-state index contributed by atoms with van der Waals surface area (Å²) in [6, 6.07) is 11.0. The van der Waals surface area contributed by atoms with Crippen molar-refractivity contribution in [3.05, 3.63) is 59.8 Å². The fourth-order valence-corrected chi connectivity index (χ4v) is 5.52. The zero-order valence-electron chi connectivity index (χ0n) is 19.9. The normalized spacial score (nSPS) is 20.9. The van der Waals surface area contributed by atoms with Crippen LogP contribution in [0, 0.1) is 0 Å². The van der Waals surface area contributed by atoms with Gasteiger partial charge in [0.2, 0.25) is 0 Å². The smallest absolute Gasteiger partial charge is 0.384 e. The molecule has 10 heteroatoms. The van der Waals surface area contributed by atoms with Crippen LogP contribution in [0.25, 0.3) is 28.1 Å². The number of aromatic nitrogens is 4. The lowest BCUT2D eigenvalue weighted by Gasteiger charge is -2.30. The first-order valence-corrected chi connectivity index (χ1v) is 12.1. The number of fused-ring (bicyclic) bond motifs is 2. The number of methoxy groups -OCH3 is 1. The summed E-state index contributed by atoms with van der Waals surface area (Å²) in [6.45, 7) is 1.13. The second-order valence-corrected chi connectivity index (χ2v) is 9.99. The Morgan fingerprint density at radius 1 is 1.14 bits per heavy atom. The molecule has 1 saturated heterocycles. The van der Waals surface area contributed by atoms with Crippen molar-refractivity contribution in [3.63, 3.8) is 0 Å². The maximum Gasteiger partial charge on any atom is 0.408 e. The van der Waals surface area contributed by atoms with Crippen LogP contribution < -0.4 is 5.73 Å². The van der Waals surface area contributed by atoms with Crippen LogP contribution in [0.4, 0.5) is 13.2 Å². The molecule has 2 fully saturated rings. The van der Waals surface area contributed by atoms with Gasteiger partial charge in [0.25, 0.3) is 0 Å². The Kier molecular flexibility index (Phi) is 5.51. The Labute approximate surface area is 206 Å². The molecule has 7 nitrogen and oxygen atoms in total. The van der Waals surface area contributed by atoms with E-state index in [1.807, 2.05) is 24.3 Å². The first kappa shape index (κ1) is 23.3. The van der Waals surface area contributed by atoms with E-state index in [1.165, 1.54) is 17.2 Å². The Balaban J connectivity index is 1.45. The van der Waals surface area contributed by atoms with E-state index in [4.69, 9.17) is 15.5 Å². The van der Waals surface area contributed by atoms with E-state index in [0.717, 1.165) is 29.3 Å². The minimum atomic E-state index is -4.44. The number of alkyl halides is 3. The van der Waals surface area contributed by atoms with Crippen LogP contribution >= 0.6 is 0 Å². The molecule has 1 aliphatic carbocycles. The maximum absolute atomic E-state index is 14.2. The molecular weight excluding hydrogens is 469 g/mol. The van der Waals surface area contributed by atoms with E-state index in [0.29, 0.717) is 36.7 Å². The van der Waals surface area contributed by atoms with Crippen LogP contribution in [-0.2, 0) is 10.2 Å². The maximum atomic E-state index is 14.2.